The predicted molar refractivity (Wildman–Crippen MR) is 120 cm³/mol. The fraction of sp³-hybridized carbons (Fsp3) is 0.217. The first-order valence-corrected chi connectivity index (χ1v) is 10.5. The van der Waals surface area contributed by atoms with Crippen molar-refractivity contribution >= 4 is 33.1 Å². The zero-order valence-electron chi connectivity index (χ0n) is 17.1. The molecule has 0 aliphatic carbocycles. The van der Waals surface area contributed by atoms with Crippen LogP contribution in [-0.4, -0.2) is 41.2 Å². The third kappa shape index (κ3) is 4.27. The first-order chi connectivity index (χ1) is 14.4. The van der Waals surface area contributed by atoms with Crippen molar-refractivity contribution in [2.45, 2.75) is 13.3 Å². The second-order valence-electron chi connectivity index (χ2n) is 7.51. The Morgan fingerprint density at radius 2 is 1.83 bits per heavy atom. The van der Waals surface area contributed by atoms with E-state index in [0.29, 0.717) is 4.88 Å². The van der Waals surface area contributed by atoms with Gasteiger partial charge in [-0.05, 0) is 75.5 Å². The predicted octanol–water partition coefficient (Wildman–Crippen LogP) is 4.89. The van der Waals surface area contributed by atoms with E-state index < -0.39 is 0 Å². The number of aromatic nitrogens is 2. The molecule has 0 saturated heterocycles. The monoisotopic (exact) mass is 422 g/mol. The Labute approximate surface area is 178 Å². The van der Waals surface area contributed by atoms with Gasteiger partial charge in [-0.1, -0.05) is 12.1 Å². The number of nitrogens with one attached hydrogen (secondary N) is 1. The van der Waals surface area contributed by atoms with Crippen molar-refractivity contribution in [3.05, 3.63) is 76.5 Å². The number of hydrogen-bond acceptors (Lipinski definition) is 4. The first kappa shape index (κ1) is 20.3. The van der Waals surface area contributed by atoms with Crippen LogP contribution in [0.3, 0.4) is 0 Å². The number of thiophene rings is 1. The van der Waals surface area contributed by atoms with Crippen molar-refractivity contribution in [2.75, 3.05) is 26.0 Å². The van der Waals surface area contributed by atoms with Crippen molar-refractivity contribution in [3.63, 3.8) is 0 Å². The van der Waals surface area contributed by atoms with E-state index in [1.165, 1.54) is 29.0 Å². The maximum absolute atomic E-state index is 13.3. The van der Waals surface area contributed by atoms with Crippen LogP contribution in [0.25, 0.3) is 15.9 Å². The topological polar surface area (TPSA) is 50.2 Å². The molecule has 0 aliphatic rings. The average Bonchev–Trinajstić information content (AvgIpc) is 3.29. The van der Waals surface area contributed by atoms with E-state index in [1.54, 1.807) is 16.8 Å². The lowest BCUT2D eigenvalue weighted by atomic mass is 10.1. The molecule has 0 spiro atoms. The summed E-state index contributed by atoms with van der Waals surface area (Å²) in [6.45, 7) is 2.89. The van der Waals surface area contributed by atoms with E-state index in [9.17, 15) is 9.18 Å². The molecule has 0 fully saturated rings. The maximum atomic E-state index is 13.3. The van der Waals surface area contributed by atoms with Gasteiger partial charge in [-0.15, -0.1) is 11.3 Å². The van der Waals surface area contributed by atoms with Crippen LogP contribution in [0.5, 0.6) is 0 Å². The summed E-state index contributed by atoms with van der Waals surface area (Å²) in [6.07, 6.45) is 0.969. The number of carbonyl (C=O) groups is 1. The first-order valence-electron chi connectivity index (χ1n) is 9.71. The van der Waals surface area contributed by atoms with E-state index in [0.717, 1.165) is 40.3 Å². The summed E-state index contributed by atoms with van der Waals surface area (Å²) in [6, 6.07) is 16.0. The summed E-state index contributed by atoms with van der Waals surface area (Å²) in [5.74, 6) is -0.444. The Hall–Kier alpha value is -3.03. The number of nitrogens with zero attached hydrogens (tertiary/aromatic N) is 3. The zero-order valence-corrected chi connectivity index (χ0v) is 18.0. The van der Waals surface area contributed by atoms with Gasteiger partial charge < -0.3 is 10.2 Å². The second-order valence-corrected chi connectivity index (χ2v) is 8.54. The number of carbonyl (C=O) groups excluding carboxylic acids is 1. The van der Waals surface area contributed by atoms with Gasteiger partial charge in [0.05, 0.1) is 16.3 Å². The number of halogens is 1. The molecule has 0 bridgehead atoms. The molecule has 5 nitrogen and oxygen atoms in total. The molecule has 2 aromatic carbocycles. The van der Waals surface area contributed by atoms with Crippen molar-refractivity contribution in [2.24, 2.45) is 0 Å². The molecule has 1 N–H and O–H groups in total. The number of hydrogen-bond donors (Lipinski definition) is 1. The minimum Gasteiger partial charge on any atom is -0.321 e. The lowest BCUT2D eigenvalue weighted by molar-refractivity contribution is 0.103. The highest BCUT2D eigenvalue weighted by Crippen LogP contribution is 2.31. The summed E-state index contributed by atoms with van der Waals surface area (Å²) in [4.78, 5) is 16.4. The third-order valence-electron chi connectivity index (χ3n) is 4.90. The Balaban J connectivity index is 1.54. The molecule has 0 saturated carbocycles. The van der Waals surface area contributed by atoms with Crippen molar-refractivity contribution in [3.8, 4) is 5.69 Å². The highest BCUT2D eigenvalue weighted by molar-refractivity contribution is 7.20. The SMILES string of the molecule is Cc1nn(-c2ccc(F)cc2)c2sc(C(=O)Nc3ccc(CCN(C)C)cc3)cc12. The third-order valence-corrected chi connectivity index (χ3v) is 6.01. The molecule has 2 heterocycles. The minimum absolute atomic E-state index is 0.151. The van der Waals surface area contributed by atoms with Gasteiger partial charge in [-0.2, -0.15) is 5.10 Å². The maximum Gasteiger partial charge on any atom is 0.265 e. The number of aryl methyl sites for hydroxylation is 1. The molecule has 0 unspecified atom stereocenters. The summed E-state index contributed by atoms with van der Waals surface area (Å²) >= 11 is 1.37. The summed E-state index contributed by atoms with van der Waals surface area (Å²) < 4.78 is 15.0. The summed E-state index contributed by atoms with van der Waals surface area (Å²) in [7, 11) is 4.10. The van der Waals surface area contributed by atoms with Crippen molar-refractivity contribution in [1.29, 1.82) is 0 Å². The summed E-state index contributed by atoms with van der Waals surface area (Å²) in [5, 5.41) is 8.44. The van der Waals surface area contributed by atoms with Gasteiger partial charge >= 0.3 is 0 Å². The standard InChI is InChI=1S/C23H23FN4OS/c1-15-20-14-21(30-23(20)28(26-15)19-10-6-17(24)7-11-19)22(29)25-18-8-4-16(5-9-18)12-13-27(2)3/h4-11,14H,12-13H2,1-3H3,(H,25,29). The Kier molecular flexibility index (Phi) is 5.65. The number of amides is 1. The van der Waals surface area contributed by atoms with Gasteiger partial charge in [0.1, 0.15) is 10.6 Å². The molecule has 30 heavy (non-hydrogen) atoms. The highest BCUT2D eigenvalue weighted by Gasteiger charge is 2.17. The molecule has 0 radical (unpaired) electrons. The van der Waals surface area contributed by atoms with Crippen LogP contribution in [0, 0.1) is 12.7 Å². The quantitative estimate of drug-likeness (QED) is 0.481. The molecular formula is C23H23FN4OS. The van der Waals surface area contributed by atoms with Crippen LogP contribution in [0.2, 0.25) is 0 Å². The number of rotatable bonds is 6. The molecule has 154 valence electrons. The van der Waals surface area contributed by atoms with Crippen LogP contribution in [0.15, 0.2) is 54.6 Å². The Morgan fingerprint density at radius 1 is 1.13 bits per heavy atom. The Bertz CT molecular complexity index is 1180. The van der Waals surface area contributed by atoms with Gasteiger partial charge in [0.15, 0.2) is 0 Å². The highest BCUT2D eigenvalue weighted by atomic mass is 32.1. The van der Waals surface area contributed by atoms with E-state index in [1.807, 2.05) is 37.3 Å². The van der Waals surface area contributed by atoms with Crippen LogP contribution in [0.4, 0.5) is 10.1 Å². The zero-order chi connectivity index (χ0) is 21.3. The Morgan fingerprint density at radius 3 is 2.50 bits per heavy atom. The molecular weight excluding hydrogens is 399 g/mol. The van der Waals surface area contributed by atoms with Gasteiger partial charge in [-0.25, -0.2) is 9.07 Å². The molecule has 7 heteroatoms. The lowest BCUT2D eigenvalue weighted by Gasteiger charge is -2.10. The molecule has 4 rings (SSSR count). The minimum atomic E-state index is -0.294. The number of fused-ring (bicyclic) bond motifs is 1. The lowest BCUT2D eigenvalue weighted by Crippen LogP contribution is -2.15. The van der Waals surface area contributed by atoms with Crippen LogP contribution in [-0.2, 0) is 6.42 Å². The fourth-order valence-electron chi connectivity index (χ4n) is 3.22. The smallest absolute Gasteiger partial charge is 0.265 e. The molecule has 1 amide bonds. The number of anilines is 1. The van der Waals surface area contributed by atoms with E-state index in [4.69, 9.17) is 0 Å². The van der Waals surface area contributed by atoms with E-state index in [-0.39, 0.29) is 11.7 Å². The fourth-order valence-corrected chi connectivity index (χ4v) is 4.29. The molecule has 0 atom stereocenters. The number of benzene rings is 2. The van der Waals surface area contributed by atoms with E-state index >= 15 is 0 Å². The number of likely N-dealkylation sites (N-methyl/N-ethyl adjacent to an activating group) is 1. The van der Waals surface area contributed by atoms with Gasteiger partial charge in [-0.3, -0.25) is 4.79 Å². The largest absolute Gasteiger partial charge is 0.321 e. The summed E-state index contributed by atoms with van der Waals surface area (Å²) in [5.41, 5.74) is 3.59. The van der Waals surface area contributed by atoms with Gasteiger partial charge in [0, 0.05) is 17.6 Å². The van der Waals surface area contributed by atoms with E-state index in [2.05, 4.69) is 29.4 Å². The van der Waals surface area contributed by atoms with Gasteiger partial charge in [0.25, 0.3) is 5.91 Å². The molecule has 2 aromatic heterocycles. The van der Waals surface area contributed by atoms with Crippen LogP contribution < -0.4 is 5.32 Å². The van der Waals surface area contributed by atoms with Crippen LogP contribution in [0.1, 0.15) is 20.9 Å². The van der Waals surface area contributed by atoms with Crippen molar-refractivity contribution in [1.82, 2.24) is 14.7 Å². The van der Waals surface area contributed by atoms with Gasteiger partial charge in [0.2, 0.25) is 0 Å². The normalized spacial score (nSPS) is 11.4. The van der Waals surface area contributed by atoms with Crippen molar-refractivity contribution < 1.29 is 9.18 Å². The second kappa shape index (κ2) is 8.38. The molecule has 4 aromatic rings. The van der Waals surface area contributed by atoms with Crippen LogP contribution >= 0.6 is 11.3 Å². The average molecular weight is 423 g/mol. The molecule has 0 aliphatic heterocycles.